The summed E-state index contributed by atoms with van der Waals surface area (Å²) in [6.07, 6.45) is -4.71. The van der Waals surface area contributed by atoms with Gasteiger partial charge in [-0.2, -0.15) is 13.2 Å². The second-order valence-electron chi connectivity index (χ2n) is 6.30. The molecule has 9 heteroatoms. The predicted molar refractivity (Wildman–Crippen MR) is 97.0 cm³/mol. The van der Waals surface area contributed by atoms with Crippen molar-refractivity contribution in [3.63, 3.8) is 0 Å². The molecule has 0 spiro atoms. The normalized spacial score (nSPS) is 11.3. The van der Waals surface area contributed by atoms with Crippen molar-refractivity contribution in [3.8, 4) is 11.5 Å². The van der Waals surface area contributed by atoms with Gasteiger partial charge in [-0.25, -0.2) is 13.2 Å². The van der Waals surface area contributed by atoms with Crippen LogP contribution in [0.5, 0.6) is 11.5 Å². The highest BCUT2D eigenvalue weighted by molar-refractivity contribution is 6.04. The van der Waals surface area contributed by atoms with Crippen molar-refractivity contribution in [2.45, 2.75) is 13.1 Å². The molecule has 0 saturated carbocycles. The third-order valence-corrected chi connectivity index (χ3v) is 4.02. The molecule has 156 valence electrons. The highest BCUT2D eigenvalue weighted by Gasteiger charge is 2.34. The smallest absolute Gasteiger partial charge is 0.419 e. The van der Waals surface area contributed by atoms with E-state index in [-0.39, 0.29) is 11.3 Å². The first-order valence-electron chi connectivity index (χ1n) is 8.47. The van der Waals surface area contributed by atoms with Crippen molar-refractivity contribution in [1.82, 2.24) is 0 Å². The molecule has 0 heterocycles. The summed E-state index contributed by atoms with van der Waals surface area (Å²) in [6, 6.07) is 9.06. The number of alkyl halides is 3. The molecule has 3 rings (SSSR count). The number of carbonyl (C=O) groups is 1. The topological polar surface area (TPSA) is 38.3 Å². The summed E-state index contributed by atoms with van der Waals surface area (Å²) >= 11 is 0. The van der Waals surface area contributed by atoms with Crippen molar-refractivity contribution in [3.05, 3.63) is 88.7 Å². The van der Waals surface area contributed by atoms with Crippen LogP contribution in [0.15, 0.2) is 54.6 Å². The molecule has 1 amide bonds. The zero-order valence-electron chi connectivity index (χ0n) is 15.3. The number of ether oxygens (including phenoxy) is 1. The first kappa shape index (κ1) is 21.2. The van der Waals surface area contributed by atoms with Gasteiger partial charge in [-0.3, -0.25) is 4.79 Å². The molecule has 3 aromatic carbocycles. The van der Waals surface area contributed by atoms with Crippen LogP contribution >= 0.6 is 0 Å². The van der Waals surface area contributed by atoms with Gasteiger partial charge >= 0.3 is 6.18 Å². The number of aryl methyl sites for hydroxylation is 1. The van der Waals surface area contributed by atoms with Crippen molar-refractivity contribution in [2.24, 2.45) is 0 Å². The van der Waals surface area contributed by atoms with E-state index in [1.54, 1.807) is 0 Å². The van der Waals surface area contributed by atoms with E-state index in [1.807, 2.05) is 0 Å². The Morgan fingerprint density at radius 1 is 0.867 bits per heavy atom. The minimum absolute atomic E-state index is 0.173. The van der Waals surface area contributed by atoms with Gasteiger partial charge in [0, 0.05) is 11.8 Å². The molecule has 3 nitrogen and oxygen atoms in total. The average Bonchev–Trinajstić information content (AvgIpc) is 2.62. The average molecular weight is 425 g/mol. The van der Waals surface area contributed by atoms with Crippen LogP contribution in [0.4, 0.5) is 32.0 Å². The Bertz CT molecular complexity index is 1090. The van der Waals surface area contributed by atoms with E-state index >= 15 is 0 Å². The lowest BCUT2D eigenvalue weighted by molar-refractivity contribution is -0.138. The number of hydrogen-bond donors (Lipinski definition) is 1. The van der Waals surface area contributed by atoms with Crippen molar-refractivity contribution in [2.75, 3.05) is 5.32 Å². The van der Waals surface area contributed by atoms with Crippen LogP contribution in [-0.4, -0.2) is 5.91 Å². The SMILES string of the molecule is Cc1cc(F)c(C(=O)Nc2ccc(Oc3ccccc3C(F)(F)F)c(F)c2)c(F)c1. The molecule has 0 aliphatic rings. The van der Waals surface area contributed by atoms with Gasteiger partial charge in [0.1, 0.15) is 22.9 Å². The Hall–Kier alpha value is -3.49. The molecule has 0 aliphatic heterocycles. The van der Waals surface area contributed by atoms with Crippen LogP contribution in [0.2, 0.25) is 0 Å². The maximum absolute atomic E-state index is 14.3. The van der Waals surface area contributed by atoms with E-state index in [4.69, 9.17) is 4.74 Å². The zero-order valence-corrected chi connectivity index (χ0v) is 15.3. The number of rotatable bonds is 4. The highest BCUT2D eigenvalue weighted by Crippen LogP contribution is 2.38. The lowest BCUT2D eigenvalue weighted by atomic mass is 10.1. The fourth-order valence-corrected chi connectivity index (χ4v) is 2.68. The van der Waals surface area contributed by atoms with E-state index in [1.165, 1.54) is 13.0 Å². The van der Waals surface area contributed by atoms with E-state index < -0.39 is 52.2 Å². The Morgan fingerprint density at radius 3 is 2.10 bits per heavy atom. The second-order valence-corrected chi connectivity index (χ2v) is 6.30. The third kappa shape index (κ3) is 4.56. The van der Waals surface area contributed by atoms with Gasteiger partial charge in [0.15, 0.2) is 11.6 Å². The molecule has 1 N–H and O–H groups in total. The predicted octanol–water partition coefficient (Wildman–Crippen LogP) is 6.48. The monoisotopic (exact) mass is 425 g/mol. The summed E-state index contributed by atoms with van der Waals surface area (Å²) in [5.41, 5.74) is -1.84. The van der Waals surface area contributed by atoms with E-state index in [9.17, 15) is 31.1 Å². The fraction of sp³-hybridized carbons (Fsp3) is 0.0952. The Balaban J connectivity index is 1.83. The number of nitrogens with one attached hydrogen (secondary N) is 1. The Morgan fingerprint density at radius 2 is 1.50 bits per heavy atom. The van der Waals surface area contributed by atoms with Gasteiger partial charge in [-0.15, -0.1) is 0 Å². The number of amides is 1. The van der Waals surface area contributed by atoms with Crippen LogP contribution in [-0.2, 0) is 6.18 Å². The number of anilines is 1. The van der Waals surface area contributed by atoms with Gasteiger partial charge in [0.2, 0.25) is 0 Å². The summed E-state index contributed by atoms with van der Waals surface area (Å²) < 4.78 is 86.2. The van der Waals surface area contributed by atoms with Crippen LogP contribution in [0.25, 0.3) is 0 Å². The van der Waals surface area contributed by atoms with Gasteiger partial charge in [-0.05, 0) is 48.9 Å². The van der Waals surface area contributed by atoms with Gasteiger partial charge < -0.3 is 10.1 Å². The van der Waals surface area contributed by atoms with Crippen molar-refractivity contribution in [1.29, 1.82) is 0 Å². The molecule has 3 aromatic rings. The van der Waals surface area contributed by atoms with Crippen molar-refractivity contribution < 1.29 is 35.9 Å². The zero-order chi connectivity index (χ0) is 22.1. The Labute approximate surface area is 166 Å². The molecular weight excluding hydrogens is 412 g/mol. The van der Waals surface area contributed by atoms with E-state index in [0.717, 1.165) is 48.5 Å². The van der Waals surface area contributed by atoms with Gasteiger partial charge in [0.25, 0.3) is 5.91 Å². The summed E-state index contributed by atoms with van der Waals surface area (Å²) in [5.74, 6) is -5.56. The maximum atomic E-state index is 14.3. The number of para-hydroxylation sites is 1. The summed E-state index contributed by atoms with van der Waals surface area (Å²) in [5, 5.41) is 2.13. The minimum Gasteiger partial charge on any atom is -0.454 e. The van der Waals surface area contributed by atoms with Gasteiger partial charge in [0.05, 0.1) is 5.56 Å². The van der Waals surface area contributed by atoms with E-state index in [2.05, 4.69) is 5.32 Å². The molecule has 30 heavy (non-hydrogen) atoms. The summed E-state index contributed by atoms with van der Waals surface area (Å²) in [4.78, 5) is 12.1. The highest BCUT2D eigenvalue weighted by atomic mass is 19.4. The third-order valence-electron chi connectivity index (χ3n) is 4.02. The van der Waals surface area contributed by atoms with Crippen LogP contribution in [0, 0.1) is 24.4 Å². The Kier molecular flexibility index (Phi) is 5.73. The maximum Gasteiger partial charge on any atom is 0.419 e. The quantitative estimate of drug-likeness (QED) is 0.486. The lowest BCUT2D eigenvalue weighted by Crippen LogP contribution is -2.16. The van der Waals surface area contributed by atoms with Crippen LogP contribution in [0.1, 0.15) is 21.5 Å². The molecule has 0 radical (unpaired) electrons. The largest absolute Gasteiger partial charge is 0.454 e. The van der Waals surface area contributed by atoms with Gasteiger partial charge in [-0.1, -0.05) is 12.1 Å². The summed E-state index contributed by atoms with van der Waals surface area (Å²) in [6.45, 7) is 1.44. The van der Waals surface area contributed by atoms with Crippen LogP contribution in [0.3, 0.4) is 0 Å². The molecule has 0 atom stereocenters. The lowest BCUT2D eigenvalue weighted by Gasteiger charge is -2.14. The number of hydrogen-bond acceptors (Lipinski definition) is 2. The first-order chi connectivity index (χ1) is 14.1. The fourth-order valence-electron chi connectivity index (χ4n) is 2.68. The number of carbonyl (C=O) groups excluding carboxylic acids is 1. The van der Waals surface area contributed by atoms with E-state index in [0.29, 0.717) is 0 Å². The number of halogens is 6. The molecular formula is C21H13F6NO2. The molecule has 0 aromatic heterocycles. The molecule has 0 saturated heterocycles. The molecule has 0 aliphatic carbocycles. The number of benzene rings is 3. The minimum atomic E-state index is -4.71. The first-order valence-corrected chi connectivity index (χ1v) is 8.47. The molecule has 0 bridgehead atoms. The standard InChI is InChI=1S/C21H13F6NO2/c1-11-8-15(23)19(16(24)9-11)20(29)28-12-6-7-18(14(22)10-12)30-17-5-3-2-4-13(17)21(25,26)27/h2-10H,1H3,(H,28,29). The van der Waals surface area contributed by atoms with Crippen LogP contribution < -0.4 is 10.1 Å². The molecule has 0 unspecified atom stereocenters. The molecule has 0 fully saturated rings. The van der Waals surface area contributed by atoms with Crippen molar-refractivity contribution >= 4 is 11.6 Å². The summed E-state index contributed by atoms with van der Waals surface area (Å²) in [7, 11) is 0. The second kappa shape index (κ2) is 8.10.